The fraction of sp³-hybridized carbons (Fsp3) is 0.200. The van der Waals surface area contributed by atoms with E-state index < -0.39 is 5.97 Å². The van der Waals surface area contributed by atoms with Gasteiger partial charge in [0.05, 0.1) is 12.7 Å². The van der Waals surface area contributed by atoms with E-state index in [1.165, 1.54) is 14.0 Å². The zero-order chi connectivity index (χ0) is 18.0. The van der Waals surface area contributed by atoms with E-state index in [2.05, 4.69) is 4.98 Å². The number of H-pyrrole nitrogens is 1. The number of hydrogen-bond acceptors (Lipinski definition) is 4. The Morgan fingerprint density at radius 2 is 1.88 bits per heavy atom. The first-order valence-electron chi connectivity index (χ1n) is 7.93. The summed E-state index contributed by atoms with van der Waals surface area (Å²) in [6.07, 6.45) is 0. The van der Waals surface area contributed by atoms with Gasteiger partial charge in [-0.1, -0.05) is 18.2 Å². The molecule has 0 bridgehead atoms. The first kappa shape index (κ1) is 16.8. The minimum atomic E-state index is -0.412. The summed E-state index contributed by atoms with van der Waals surface area (Å²) in [4.78, 5) is 27.3. The van der Waals surface area contributed by atoms with Crippen molar-refractivity contribution < 1.29 is 19.1 Å². The Morgan fingerprint density at radius 3 is 2.60 bits per heavy atom. The molecule has 3 rings (SSSR count). The van der Waals surface area contributed by atoms with Crippen LogP contribution in [0.1, 0.15) is 38.9 Å². The quantitative estimate of drug-likeness (QED) is 0.563. The number of para-hydroxylation sites is 1. The van der Waals surface area contributed by atoms with Gasteiger partial charge in [-0.05, 0) is 38.1 Å². The number of ketones is 1. The minimum Gasteiger partial charge on any atom is -0.496 e. The molecule has 0 aliphatic rings. The summed E-state index contributed by atoms with van der Waals surface area (Å²) in [6, 6.07) is 12.7. The third-order valence-electron chi connectivity index (χ3n) is 4.14. The van der Waals surface area contributed by atoms with Gasteiger partial charge in [0, 0.05) is 27.7 Å². The lowest BCUT2D eigenvalue weighted by Crippen LogP contribution is -2.08. The van der Waals surface area contributed by atoms with Crippen molar-refractivity contribution in [2.24, 2.45) is 0 Å². The predicted octanol–water partition coefficient (Wildman–Crippen LogP) is 4.04. The van der Waals surface area contributed by atoms with Crippen LogP contribution in [0.3, 0.4) is 0 Å². The van der Waals surface area contributed by atoms with Crippen molar-refractivity contribution in [3.63, 3.8) is 0 Å². The normalized spacial score (nSPS) is 10.7. The van der Waals surface area contributed by atoms with E-state index in [0.717, 1.165) is 16.6 Å². The topological polar surface area (TPSA) is 68.4 Å². The molecular weight excluding hydrogens is 318 g/mol. The molecule has 2 aromatic carbocycles. The first-order chi connectivity index (χ1) is 12.0. The number of aromatic amines is 1. The Balaban J connectivity index is 1.86. The molecule has 25 heavy (non-hydrogen) atoms. The highest BCUT2D eigenvalue weighted by atomic mass is 16.5. The Labute approximate surface area is 145 Å². The van der Waals surface area contributed by atoms with Gasteiger partial charge in [-0.25, -0.2) is 4.79 Å². The van der Waals surface area contributed by atoms with Crippen LogP contribution in [0.4, 0.5) is 0 Å². The summed E-state index contributed by atoms with van der Waals surface area (Å²) < 4.78 is 10.8. The molecule has 0 fully saturated rings. The molecule has 0 atom stereocenters. The molecule has 0 aliphatic heterocycles. The number of aromatic nitrogens is 1. The monoisotopic (exact) mass is 337 g/mol. The average Bonchev–Trinajstić information content (AvgIpc) is 2.95. The molecule has 0 amide bonds. The standard InChI is InChI=1S/C20H19NO4/c1-12-19(16-6-4-5-7-17(16)21-12)20(23)25-11-15-10-14(13(2)22)8-9-18(15)24-3/h4-10,21H,11H2,1-3H3. The number of methoxy groups -OCH3 is 1. The summed E-state index contributed by atoms with van der Waals surface area (Å²) in [6.45, 7) is 3.36. The molecule has 0 radical (unpaired) electrons. The highest BCUT2D eigenvalue weighted by molar-refractivity contribution is 6.05. The SMILES string of the molecule is COc1ccc(C(C)=O)cc1COC(=O)c1c(C)[nH]c2ccccc12. The Morgan fingerprint density at radius 1 is 1.12 bits per heavy atom. The van der Waals surface area contributed by atoms with Gasteiger partial charge in [0.2, 0.25) is 0 Å². The van der Waals surface area contributed by atoms with Gasteiger partial charge < -0.3 is 14.5 Å². The van der Waals surface area contributed by atoms with Crippen LogP contribution in [0.2, 0.25) is 0 Å². The number of ether oxygens (including phenoxy) is 2. The van der Waals surface area contributed by atoms with Crippen LogP contribution in [-0.2, 0) is 11.3 Å². The Bertz CT molecular complexity index is 955. The van der Waals surface area contributed by atoms with Crippen molar-refractivity contribution in [1.82, 2.24) is 4.98 Å². The fourth-order valence-corrected chi connectivity index (χ4v) is 2.87. The van der Waals surface area contributed by atoms with Crippen LogP contribution in [-0.4, -0.2) is 23.8 Å². The van der Waals surface area contributed by atoms with Crippen LogP contribution in [0.15, 0.2) is 42.5 Å². The van der Waals surface area contributed by atoms with Gasteiger partial charge >= 0.3 is 5.97 Å². The molecule has 0 aliphatic carbocycles. The van der Waals surface area contributed by atoms with E-state index in [0.29, 0.717) is 22.4 Å². The summed E-state index contributed by atoms with van der Waals surface area (Å²) in [5.41, 5.74) is 3.38. The maximum Gasteiger partial charge on any atom is 0.340 e. The maximum absolute atomic E-state index is 12.6. The van der Waals surface area contributed by atoms with Crippen LogP contribution < -0.4 is 4.74 Å². The second-order valence-electron chi connectivity index (χ2n) is 5.83. The summed E-state index contributed by atoms with van der Waals surface area (Å²) >= 11 is 0. The lowest BCUT2D eigenvalue weighted by Gasteiger charge is -2.11. The Kier molecular flexibility index (Phi) is 4.57. The van der Waals surface area contributed by atoms with E-state index in [4.69, 9.17) is 9.47 Å². The highest BCUT2D eigenvalue weighted by Crippen LogP contribution is 2.25. The van der Waals surface area contributed by atoms with Gasteiger partial charge in [0.15, 0.2) is 5.78 Å². The smallest absolute Gasteiger partial charge is 0.340 e. The second kappa shape index (κ2) is 6.81. The van der Waals surface area contributed by atoms with Crippen molar-refractivity contribution in [2.45, 2.75) is 20.5 Å². The van der Waals surface area contributed by atoms with E-state index >= 15 is 0 Å². The van der Waals surface area contributed by atoms with Crippen LogP contribution in [0, 0.1) is 6.92 Å². The molecule has 128 valence electrons. The molecule has 1 heterocycles. The number of rotatable bonds is 5. The van der Waals surface area contributed by atoms with E-state index in [1.54, 1.807) is 18.2 Å². The number of carbonyl (C=O) groups excluding carboxylic acids is 2. The molecule has 5 nitrogen and oxygen atoms in total. The van der Waals surface area contributed by atoms with Gasteiger partial charge in [0.1, 0.15) is 12.4 Å². The number of nitrogens with one attached hydrogen (secondary N) is 1. The number of benzene rings is 2. The molecule has 1 aromatic heterocycles. The number of aryl methyl sites for hydroxylation is 1. The number of hydrogen-bond donors (Lipinski definition) is 1. The zero-order valence-corrected chi connectivity index (χ0v) is 14.4. The van der Waals surface area contributed by atoms with Gasteiger partial charge in [0.25, 0.3) is 0 Å². The Hall–Kier alpha value is -3.08. The maximum atomic E-state index is 12.6. The van der Waals surface area contributed by atoms with Crippen LogP contribution in [0.25, 0.3) is 10.9 Å². The van der Waals surface area contributed by atoms with Crippen molar-refractivity contribution in [1.29, 1.82) is 0 Å². The average molecular weight is 337 g/mol. The number of esters is 1. The third kappa shape index (κ3) is 3.26. The van der Waals surface area contributed by atoms with E-state index in [9.17, 15) is 9.59 Å². The van der Waals surface area contributed by atoms with Crippen molar-refractivity contribution in [3.05, 3.63) is 64.8 Å². The number of carbonyl (C=O) groups is 2. The van der Waals surface area contributed by atoms with E-state index in [-0.39, 0.29) is 12.4 Å². The number of Topliss-reactive ketones (excluding diaryl/α,β-unsaturated/α-hetero) is 1. The molecule has 0 saturated carbocycles. The molecule has 0 unspecified atom stereocenters. The van der Waals surface area contributed by atoms with Gasteiger partial charge in [-0.2, -0.15) is 0 Å². The molecule has 5 heteroatoms. The molecule has 1 N–H and O–H groups in total. The fourth-order valence-electron chi connectivity index (χ4n) is 2.87. The van der Waals surface area contributed by atoms with Crippen molar-refractivity contribution in [2.75, 3.05) is 7.11 Å². The van der Waals surface area contributed by atoms with Gasteiger partial charge in [-0.15, -0.1) is 0 Å². The molecule has 3 aromatic rings. The minimum absolute atomic E-state index is 0.0298. The summed E-state index contributed by atoms with van der Waals surface area (Å²) in [5, 5.41) is 0.828. The largest absolute Gasteiger partial charge is 0.496 e. The van der Waals surface area contributed by atoms with Gasteiger partial charge in [-0.3, -0.25) is 4.79 Å². The predicted molar refractivity (Wildman–Crippen MR) is 95.2 cm³/mol. The highest BCUT2D eigenvalue weighted by Gasteiger charge is 2.18. The summed E-state index contributed by atoms with van der Waals surface area (Å²) in [7, 11) is 1.54. The zero-order valence-electron chi connectivity index (χ0n) is 14.4. The lowest BCUT2D eigenvalue weighted by atomic mass is 10.1. The van der Waals surface area contributed by atoms with Crippen LogP contribution >= 0.6 is 0 Å². The molecular formula is C20H19NO4. The van der Waals surface area contributed by atoms with Crippen molar-refractivity contribution in [3.8, 4) is 5.75 Å². The third-order valence-corrected chi connectivity index (χ3v) is 4.14. The van der Waals surface area contributed by atoms with E-state index in [1.807, 2.05) is 31.2 Å². The molecule has 0 spiro atoms. The number of fused-ring (bicyclic) bond motifs is 1. The molecule has 0 saturated heterocycles. The first-order valence-corrected chi connectivity index (χ1v) is 7.93. The van der Waals surface area contributed by atoms with Crippen LogP contribution in [0.5, 0.6) is 5.75 Å². The second-order valence-corrected chi connectivity index (χ2v) is 5.83. The lowest BCUT2D eigenvalue weighted by molar-refractivity contribution is 0.0471. The van der Waals surface area contributed by atoms with Crippen molar-refractivity contribution >= 4 is 22.7 Å². The summed E-state index contributed by atoms with van der Waals surface area (Å²) in [5.74, 6) is 0.112.